The van der Waals surface area contributed by atoms with Crippen LogP contribution in [0.4, 0.5) is 0 Å². The Morgan fingerprint density at radius 1 is 1.62 bits per heavy atom. The predicted octanol–water partition coefficient (Wildman–Crippen LogP) is 1.83. The number of aromatic nitrogens is 2. The summed E-state index contributed by atoms with van der Waals surface area (Å²) >= 11 is 6.10. The van der Waals surface area contributed by atoms with Gasteiger partial charge in [0.1, 0.15) is 5.15 Å². The highest BCUT2D eigenvalue weighted by Gasteiger charge is 2.16. The summed E-state index contributed by atoms with van der Waals surface area (Å²) in [4.78, 5) is 0. The summed E-state index contributed by atoms with van der Waals surface area (Å²) in [5.41, 5.74) is 7.65. The minimum Gasteiger partial charge on any atom is -0.330 e. The topological polar surface area (TPSA) is 43.8 Å². The van der Waals surface area contributed by atoms with Crippen LogP contribution in [0.15, 0.2) is 0 Å². The Kier molecular flexibility index (Phi) is 3.33. The van der Waals surface area contributed by atoms with E-state index < -0.39 is 0 Å². The molecule has 1 unspecified atom stereocenters. The van der Waals surface area contributed by atoms with Gasteiger partial charge in [-0.1, -0.05) is 18.5 Å². The van der Waals surface area contributed by atoms with Crippen LogP contribution in [0.3, 0.4) is 0 Å². The number of nitrogens with zero attached hydrogens (tertiary/aromatic N) is 2. The second-order valence-corrected chi connectivity index (χ2v) is 3.75. The molecule has 1 rings (SSSR count). The Balaban J connectivity index is 2.98. The van der Waals surface area contributed by atoms with Crippen molar-refractivity contribution in [2.75, 3.05) is 6.54 Å². The van der Waals surface area contributed by atoms with Crippen molar-refractivity contribution in [3.05, 3.63) is 16.4 Å². The molecule has 74 valence electrons. The van der Waals surface area contributed by atoms with Crippen LogP contribution in [0.1, 0.15) is 30.5 Å². The normalized spacial score (nSPS) is 13.3. The van der Waals surface area contributed by atoms with Crippen molar-refractivity contribution in [1.29, 1.82) is 0 Å². The lowest BCUT2D eigenvalue weighted by molar-refractivity contribution is 0.685. The summed E-state index contributed by atoms with van der Waals surface area (Å²) in [7, 11) is 1.86. The lowest BCUT2D eigenvalue weighted by Crippen LogP contribution is -2.05. The summed E-state index contributed by atoms with van der Waals surface area (Å²) < 4.78 is 1.71. The van der Waals surface area contributed by atoms with E-state index in [9.17, 15) is 0 Å². The maximum absolute atomic E-state index is 6.10. The number of hydrogen-bond acceptors (Lipinski definition) is 2. The number of rotatable bonds is 3. The molecule has 0 amide bonds. The zero-order valence-electron chi connectivity index (χ0n) is 8.34. The molecule has 0 saturated heterocycles. The molecule has 0 spiro atoms. The molecule has 0 saturated carbocycles. The summed E-state index contributed by atoms with van der Waals surface area (Å²) in [6.07, 6.45) is 0.951. The fourth-order valence-corrected chi connectivity index (χ4v) is 1.96. The minimum atomic E-state index is 0.395. The molecule has 0 bridgehead atoms. The van der Waals surface area contributed by atoms with Crippen LogP contribution in [-0.4, -0.2) is 16.3 Å². The fraction of sp³-hybridized carbons (Fsp3) is 0.667. The average Bonchev–Trinajstić information content (AvgIpc) is 2.27. The Morgan fingerprint density at radius 3 is 2.62 bits per heavy atom. The van der Waals surface area contributed by atoms with Crippen molar-refractivity contribution in [2.24, 2.45) is 12.8 Å². The third-order valence-corrected chi connectivity index (χ3v) is 2.74. The van der Waals surface area contributed by atoms with E-state index in [1.165, 1.54) is 0 Å². The number of halogens is 1. The highest BCUT2D eigenvalue weighted by Crippen LogP contribution is 2.28. The number of nitrogens with two attached hydrogens (primary N) is 1. The van der Waals surface area contributed by atoms with Crippen molar-refractivity contribution >= 4 is 11.6 Å². The highest BCUT2D eigenvalue weighted by atomic mass is 35.5. The summed E-state index contributed by atoms with van der Waals surface area (Å²) in [5, 5.41) is 4.99. The van der Waals surface area contributed by atoms with Gasteiger partial charge in [0.25, 0.3) is 0 Å². The van der Waals surface area contributed by atoms with E-state index in [4.69, 9.17) is 17.3 Å². The Hall–Kier alpha value is -0.540. The molecule has 2 N–H and O–H groups in total. The number of aryl methyl sites for hydroxylation is 2. The zero-order valence-corrected chi connectivity index (χ0v) is 9.10. The van der Waals surface area contributed by atoms with Gasteiger partial charge in [-0.3, -0.25) is 4.68 Å². The van der Waals surface area contributed by atoms with E-state index >= 15 is 0 Å². The second-order valence-electron chi connectivity index (χ2n) is 3.39. The van der Waals surface area contributed by atoms with Gasteiger partial charge in [0.15, 0.2) is 0 Å². The molecular formula is C9H16ClN3. The largest absolute Gasteiger partial charge is 0.330 e. The zero-order chi connectivity index (χ0) is 10.0. The molecule has 13 heavy (non-hydrogen) atoms. The first-order valence-corrected chi connectivity index (χ1v) is 4.84. The van der Waals surface area contributed by atoms with Crippen LogP contribution in [0, 0.1) is 6.92 Å². The van der Waals surface area contributed by atoms with Crippen molar-refractivity contribution in [2.45, 2.75) is 26.2 Å². The lowest BCUT2D eigenvalue weighted by atomic mass is 9.99. The van der Waals surface area contributed by atoms with Crippen LogP contribution < -0.4 is 5.73 Å². The Morgan fingerprint density at radius 2 is 2.23 bits per heavy atom. The van der Waals surface area contributed by atoms with Gasteiger partial charge in [-0.15, -0.1) is 0 Å². The van der Waals surface area contributed by atoms with E-state index in [1.807, 2.05) is 14.0 Å². The summed E-state index contributed by atoms with van der Waals surface area (Å²) in [6.45, 7) is 4.79. The van der Waals surface area contributed by atoms with Crippen LogP contribution >= 0.6 is 11.6 Å². The first-order valence-electron chi connectivity index (χ1n) is 4.47. The SMILES string of the molecule is Cc1nn(C)c(Cl)c1C(C)CCN. The molecule has 0 aliphatic carbocycles. The van der Waals surface area contributed by atoms with Gasteiger partial charge >= 0.3 is 0 Å². The molecule has 1 heterocycles. The molecule has 0 fully saturated rings. The maximum atomic E-state index is 6.10. The van der Waals surface area contributed by atoms with Gasteiger partial charge in [0.2, 0.25) is 0 Å². The third kappa shape index (κ3) is 2.03. The van der Waals surface area contributed by atoms with E-state index in [-0.39, 0.29) is 0 Å². The van der Waals surface area contributed by atoms with Crippen LogP contribution in [0.2, 0.25) is 5.15 Å². The van der Waals surface area contributed by atoms with Gasteiger partial charge in [0.05, 0.1) is 5.69 Å². The average molecular weight is 202 g/mol. The lowest BCUT2D eigenvalue weighted by Gasteiger charge is -2.09. The van der Waals surface area contributed by atoms with Crippen LogP contribution in [0.5, 0.6) is 0 Å². The van der Waals surface area contributed by atoms with Gasteiger partial charge in [-0.05, 0) is 25.8 Å². The predicted molar refractivity (Wildman–Crippen MR) is 55.0 cm³/mol. The van der Waals surface area contributed by atoms with Gasteiger partial charge in [-0.25, -0.2) is 0 Å². The minimum absolute atomic E-state index is 0.395. The molecular weight excluding hydrogens is 186 g/mol. The van der Waals surface area contributed by atoms with E-state index in [0.29, 0.717) is 12.5 Å². The summed E-state index contributed by atoms with van der Waals surface area (Å²) in [5.74, 6) is 0.395. The first-order chi connectivity index (χ1) is 6.07. The second kappa shape index (κ2) is 4.11. The van der Waals surface area contributed by atoms with Gasteiger partial charge in [0, 0.05) is 12.6 Å². The molecule has 0 radical (unpaired) electrons. The van der Waals surface area contributed by atoms with Crippen LogP contribution in [-0.2, 0) is 7.05 Å². The molecule has 3 nitrogen and oxygen atoms in total. The molecule has 1 atom stereocenters. The Labute approximate surface area is 83.9 Å². The van der Waals surface area contributed by atoms with Gasteiger partial charge in [-0.2, -0.15) is 5.10 Å². The fourth-order valence-electron chi connectivity index (χ4n) is 1.60. The molecule has 0 aliphatic heterocycles. The molecule has 0 aliphatic rings. The molecule has 0 aromatic carbocycles. The van der Waals surface area contributed by atoms with Crippen molar-refractivity contribution in [3.63, 3.8) is 0 Å². The van der Waals surface area contributed by atoms with Crippen LogP contribution in [0.25, 0.3) is 0 Å². The molecule has 4 heteroatoms. The highest BCUT2D eigenvalue weighted by molar-refractivity contribution is 6.30. The maximum Gasteiger partial charge on any atom is 0.130 e. The van der Waals surface area contributed by atoms with E-state index in [1.54, 1.807) is 4.68 Å². The quantitative estimate of drug-likeness (QED) is 0.811. The van der Waals surface area contributed by atoms with Crippen molar-refractivity contribution in [1.82, 2.24) is 9.78 Å². The summed E-state index contributed by atoms with van der Waals surface area (Å²) in [6, 6.07) is 0. The standard InChI is InChI=1S/C9H16ClN3/c1-6(4-5-11)8-7(2)12-13(3)9(8)10/h6H,4-5,11H2,1-3H3. The van der Waals surface area contributed by atoms with E-state index in [2.05, 4.69) is 12.0 Å². The third-order valence-electron chi connectivity index (χ3n) is 2.29. The molecule has 1 aromatic rings. The van der Waals surface area contributed by atoms with Crippen molar-refractivity contribution < 1.29 is 0 Å². The Bertz CT molecular complexity index is 293. The van der Waals surface area contributed by atoms with E-state index in [0.717, 1.165) is 22.8 Å². The molecule has 1 aromatic heterocycles. The number of hydrogen-bond donors (Lipinski definition) is 1. The monoisotopic (exact) mass is 201 g/mol. The first kappa shape index (κ1) is 10.5. The van der Waals surface area contributed by atoms with Gasteiger partial charge < -0.3 is 5.73 Å². The van der Waals surface area contributed by atoms with Crippen molar-refractivity contribution in [3.8, 4) is 0 Å². The smallest absolute Gasteiger partial charge is 0.130 e.